The highest BCUT2D eigenvalue weighted by Gasteiger charge is 2.06. The molecule has 4 N–H and O–H groups in total. The molecule has 0 spiro atoms. The molecular weight excluding hydrogens is 354 g/mol. The number of halogens is 2. The second-order valence-corrected chi connectivity index (χ2v) is 5.56. The summed E-state index contributed by atoms with van der Waals surface area (Å²) in [5.74, 6) is -0.0387. The van der Waals surface area contributed by atoms with Crippen LogP contribution in [0.1, 0.15) is 12.0 Å². The monoisotopic (exact) mass is 367 g/mol. The van der Waals surface area contributed by atoms with Gasteiger partial charge in [0.25, 0.3) is 0 Å². The molecule has 21 heavy (non-hydrogen) atoms. The predicted octanol–water partition coefficient (Wildman–Crippen LogP) is 3.09. The smallest absolute Gasteiger partial charge is 0.211 e. The average molecular weight is 369 g/mol. The number of guanidine groups is 1. The maximum absolute atomic E-state index is 6.10. The maximum atomic E-state index is 6.10. The molecule has 5 nitrogen and oxygen atoms in total. The first-order valence-corrected chi connectivity index (χ1v) is 7.46. The van der Waals surface area contributed by atoms with Crippen molar-refractivity contribution in [3.63, 3.8) is 0 Å². The number of nitrogens with zero attached hydrogens (tertiary/aromatic N) is 3. The lowest BCUT2D eigenvalue weighted by Gasteiger charge is -2.06. The SMILES string of the molecule is NC(N)=N/N=C/CCc1ccn(-c2cccc(Cl)c2Br)c1. The summed E-state index contributed by atoms with van der Waals surface area (Å²) in [6.45, 7) is 0. The molecule has 7 heteroatoms. The Bertz CT molecular complexity index is 674. The Morgan fingerprint density at radius 2 is 2.14 bits per heavy atom. The van der Waals surface area contributed by atoms with Crippen LogP contribution in [-0.2, 0) is 6.42 Å². The van der Waals surface area contributed by atoms with Crippen LogP contribution in [0.3, 0.4) is 0 Å². The van der Waals surface area contributed by atoms with Gasteiger partial charge in [-0.05, 0) is 52.5 Å². The van der Waals surface area contributed by atoms with Crippen LogP contribution in [0.15, 0.2) is 51.3 Å². The minimum absolute atomic E-state index is 0.0387. The van der Waals surface area contributed by atoms with Crippen LogP contribution in [-0.4, -0.2) is 16.7 Å². The van der Waals surface area contributed by atoms with Gasteiger partial charge in [-0.2, -0.15) is 5.10 Å². The molecule has 0 bridgehead atoms. The Hall–Kier alpha value is -1.79. The van der Waals surface area contributed by atoms with Crippen molar-refractivity contribution in [2.24, 2.45) is 21.7 Å². The van der Waals surface area contributed by atoms with Crippen LogP contribution < -0.4 is 11.5 Å². The van der Waals surface area contributed by atoms with Crippen LogP contribution in [0.5, 0.6) is 0 Å². The molecule has 0 aliphatic carbocycles. The number of hydrogen-bond acceptors (Lipinski definition) is 2. The second-order valence-electron chi connectivity index (χ2n) is 4.36. The van der Waals surface area contributed by atoms with Crippen LogP contribution in [0, 0.1) is 0 Å². The summed E-state index contributed by atoms with van der Waals surface area (Å²) in [4.78, 5) is 0. The number of benzene rings is 1. The second kappa shape index (κ2) is 7.28. The van der Waals surface area contributed by atoms with Crippen molar-refractivity contribution in [3.8, 4) is 5.69 Å². The van der Waals surface area contributed by atoms with Crippen molar-refractivity contribution in [1.82, 2.24) is 4.57 Å². The number of rotatable bonds is 5. The molecule has 0 fully saturated rings. The molecule has 0 saturated heterocycles. The highest BCUT2D eigenvalue weighted by molar-refractivity contribution is 9.10. The molecule has 1 aromatic carbocycles. The van der Waals surface area contributed by atoms with Gasteiger partial charge >= 0.3 is 0 Å². The van der Waals surface area contributed by atoms with E-state index in [-0.39, 0.29) is 5.96 Å². The van der Waals surface area contributed by atoms with Crippen molar-refractivity contribution >= 4 is 39.7 Å². The molecule has 0 atom stereocenters. The van der Waals surface area contributed by atoms with Gasteiger partial charge in [0.1, 0.15) is 0 Å². The van der Waals surface area contributed by atoms with Gasteiger partial charge in [-0.15, -0.1) is 5.10 Å². The van der Waals surface area contributed by atoms with Crippen molar-refractivity contribution in [2.45, 2.75) is 12.8 Å². The van der Waals surface area contributed by atoms with E-state index in [2.05, 4.69) is 38.4 Å². The fraction of sp³-hybridized carbons (Fsp3) is 0.143. The van der Waals surface area contributed by atoms with E-state index in [1.807, 2.05) is 29.0 Å². The zero-order chi connectivity index (χ0) is 15.2. The Morgan fingerprint density at radius 3 is 2.90 bits per heavy atom. The molecular formula is C14H15BrClN5. The number of aromatic nitrogens is 1. The van der Waals surface area contributed by atoms with Gasteiger partial charge in [-0.3, -0.25) is 0 Å². The van der Waals surface area contributed by atoms with Crippen LogP contribution in [0.4, 0.5) is 0 Å². The van der Waals surface area contributed by atoms with E-state index < -0.39 is 0 Å². The van der Waals surface area contributed by atoms with E-state index >= 15 is 0 Å². The Kier molecular flexibility index (Phi) is 5.41. The highest BCUT2D eigenvalue weighted by Crippen LogP contribution is 2.29. The zero-order valence-electron chi connectivity index (χ0n) is 11.2. The van der Waals surface area contributed by atoms with Gasteiger partial charge in [-0.25, -0.2) is 0 Å². The van der Waals surface area contributed by atoms with Gasteiger partial charge in [0, 0.05) is 18.6 Å². The van der Waals surface area contributed by atoms with Crippen molar-refractivity contribution in [3.05, 3.63) is 51.7 Å². The molecule has 0 saturated carbocycles. The molecule has 0 unspecified atom stereocenters. The van der Waals surface area contributed by atoms with Gasteiger partial charge in [0.05, 0.1) is 15.2 Å². The van der Waals surface area contributed by atoms with Crippen molar-refractivity contribution in [1.29, 1.82) is 0 Å². The average Bonchev–Trinajstić information content (AvgIpc) is 2.90. The zero-order valence-corrected chi connectivity index (χ0v) is 13.5. The number of aryl methyl sites for hydroxylation is 1. The van der Waals surface area contributed by atoms with E-state index in [1.54, 1.807) is 6.21 Å². The van der Waals surface area contributed by atoms with Crippen molar-refractivity contribution in [2.75, 3.05) is 0 Å². The van der Waals surface area contributed by atoms with E-state index in [0.717, 1.165) is 23.0 Å². The van der Waals surface area contributed by atoms with Crippen LogP contribution >= 0.6 is 27.5 Å². The summed E-state index contributed by atoms with van der Waals surface area (Å²) < 4.78 is 2.90. The van der Waals surface area contributed by atoms with E-state index in [0.29, 0.717) is 5.02 Å². The summed E-state index contributed by atoms with van der Waals surface area (Å²) in [6.07, 6.45) is 7.36. The molecule has 1 aromatic heterocycles. The lowest BCUT2D eigenvalue weighted by Crippen LogP contribution is -2.21. The van der Waals surface area contributed by atoms with Gasteiger partial charge in [0.15, 0.2) is 0 Å². The standard InChI is InChI=1S/C14H15BrClN5/c15-13-11(16)4-1-5-12(13)21-8-6-10(9-21)3-2-7-19-20-14(17)18/h1,4-9H,2-3H2,(H4,17,18,20)/b19-7+. The quantitative estimate of drug-likeness (QED) is 0.483. The molecule has 0 amide bonds. The van der Waals surface area contributed by atoms with E-state index in [4.69, 9.17) is 23.1 Å². The highest BCUT2D eigenvalue weighted by atomic mass is 79.9. The number of nitrogens with two attached hydrogens (primary N) is 2. The first-order chi connectivity index (χ1) is 10.1. The molecule has 2 aromatic rings. The number of hydrogen-bond donors (Lipinski definition) is 2. The molecule has 1 heterocycles. The van der Waals surface area contributed by atoms with Crippen LogP contribution in [0.25, 0.3) is 5.69 Å². The minimum atomic E-state index is -0.0387. The molecule has 0 aliphatic heterocycles. The van der Waals surface area contributed by atoms with E-state index in [1.165, 1.54) is 5.56 Å². The summed E-state index contributed by atoms with van der Waals surface area (Å²) in [7, 11) is 0. The van der Waals surface area contributed by atoms with Crippen molar-refractivity contribution < 1.29 is 0 Å². The minimum Gasteiger partial charge on any atom is -0.369 e. The first-order valence-electron chi connectivity index (χ1n) is 6.29. The lowest BCUT2D eigenvalue weighted by atomic mass is 10.2. The Balaban J connectivity index is 2.03. The fourth-order valence-corrected chi connectivity index (χ4v) is 2.47. The fourth-order valence-electron chi connectivity index (χ4n) is 1.83. The first kappa shape index (κ1) is 15.6. The third-order valence-electron chi connectivity index (χ3n) is 2.78. The maximum Gasteiger partial charge on any atom is 0.211 e. The van der Waals surface area contributed by atoms with Gasteiger partial charge < -0.3 is 16.0 Å². The molecule has 0 radical (unpaired) electrons. The third-order valence-corrected chi connectivity index (χ3v) is 4.16. The topological polar surface area (TPSA) is 81.7 Å². The predicted molar refractivity (Wildman–Crippen MR) is 91.1 cm³/mol. The van der Waals surface area contributed by atoms with Crippen LogP contribution in [0.2, 0.25) is 5.02 Å². The van der Waals surface area contributed by atoms with Gasteiger partial charge in [0.2, 0.25) is 5.96 Å². The molecule has 2 rings (SSSR count). The third kappa shape index (κ3) is 4.34. The Morgan fingerprint density at radius 1 is 1.33 bits per heavy atom. The lowest BCUT2D eigenvalue weighted by molar-refractivity contribution is 1.02. The van der Waals surface area contributed by atoms with Gasteiger partial charge in [-0.1, -0.05) is 17.7 Å². The molecule has 0 aliphatic rings. The largest absolute Gasteiger partial charge is 0.369 e. The molecule has 110 valence electrons. The Labute approximate surface area is 136 Å². The summed E-state index contributed by atoms with van der Waals surface area (Å²) in [5.41, 5.74) is 12.5. The normalized spacial score (nSPS) is 11.0. The summed E-state index contributed by atoms with van der Waals surface area (Å²) in [5, 5.41) is 7.99. The summed E-state index contributed by atoms with van der Waals surface area (Å²) in [6, 6.07) is 7.82. The summed E-state index contributed by atoms with van der Waals surface area (Å²) >= 11 is 9.60. The van der Waals surface area contributed by atoms with E-state index in [9.17, 15) is 0 Å².